The van der Waals surface area contributed by atoms with Crippen molar-refractivity contribution in [3.05, 3.63) is 64.7 Å². The highest BCUT2D eigenvalue weighted by atomic mass is 79.9. The Morgan fingerprint density at radius 2 is 1.80 bits per heavy atom. The number of carboxylic acid groups (broad SMARTS) is 1. The summed E-state index contributed by atoms with van der Waals surface area (Å²) in [6, 6.07) is 5.11. The highest BCUT2D eigenvalue weighted by Crippen LogP contribution is 2.55. The van der Waals surface area contributed by atoms with Gasteiger partial charge in [0.1, 0.15) is 12.3 Å². The molecule has 2 unspecified atom stereocenters. The summed E-state index contributed by atoms with van der Waals surface area (Å²) in [4.78, 5) is 16.2. The molecule has 2 aromatic carbocycles. The minimum absolute atomic E-state index is 0.0535. The Bertz CT molecular complexity index is 1100. The van der Waals surface area contributed by atoms with Gasteiger partial charge in [-0.05, 0) is 41.8 Å². The summed E-state index contributed by atoms with van der Waals surface area (Å²) in [7, 11) is 0. The van der Waals surface area contributed by atoms with Gasteiger partial charge in [-0.1, -0.05) is 24.3 Å². The number of ether oxygens (including phenoxy) is 1. The molecule has 5 nitrogen and oxygen atoms in total. The third-order valence-electron chi connectivity index (χ3n) is 5.29. The van der Waals surface area contributed by atoms with Crippen LogP contribution in [-0.2, 0) is 10.4 Å². The van der Waals surface area contributed by atoms with Crippen LogP contribution < -0.4 is 4.74 Å². The van der Waals surface area contributed by atoms with Gasteiger partial charge < -0.3 is 9.84 Å². The van der Waals surface area contributed by atoms with Crippen LogP contribution in [0.3, 0.4) is 0 Å². The number of aryl methyl sites for hydroxylation is 1. The van der Waals surface area contributed by atoms with Crippen LogP contribution in [0.2, 0.25) is 0 Å². The molecule has 0 bridgehead atoms. The molecule has 0 aromatic heterocycles. The summed E-state index contributed by atoms with van der Waals surface area (Å²) in [5.74, 6) is -2.02. The van der Waals surface area contributed by atoms with Gasteiger partial charge in [0.05, 0.1) is 11.6 Å². The van der Waals surface area contributed by atoms with Gasteiger partial charge in [-0.3, -0.25) is 4.84 Å². The predicted octanol–water partition coefficient (Wildman–Crippen LogP) is 6.72. The molecule has 35 heavy (non-hydrogen) atoms. The van der Waals surface area contributed by atoms with Crippen molar-refractivity contribution in [2.75, 3.05) is 6.54 Å². The topological polar surface area (TPSA) is 59.0 Å². The molecule has 0 aliphatic carbocycles. The van der Waals surface area contributed by atoms with Gasteiger partial charge in [0.15, 0.2) is 0 Å². The standard InChI is InChI=1S/C21H16BrF8NO4/c1-11-7-12(5-6-15(11)17(32)33)16-9-18(20(26,27)28,35-31(16)10-19(23,24)25)13-3-2-4-14(8-13)34-21(22,29)30/h2-8,16H,9-10H2,1H3,(H,32,33). The number of benzene rings is 2. The van der Waals surface area contributed by atoms with Crippen molar-refractivity contribution in [1.29, 1.82) is 0 Å². The lowest BCUT2D eigenvalue weighted by Gasteiger charge is -2.32. The molecule has 192 valence electrons. The van der Waals surface area contributed by atoms with Crippen molar-refractivity contribution in [2.45, 2.75) is 42.4 Å². The van der Waals surface area contributed by atoms with Gasteiger partial charge in [-0.25, -0.2) is 4.79 Å². The van der Waals surface area contributed by atoms with Gasteiger partial charge in [0, 0.05) is 22.4 Å². The Balaban J connectivity index is 2.13. The Morgan fingerprint density at radius 1 is 1.14 bits per heavy atom. The van der Waals surface area contributed by atoms with Crippen LogP contribution in [0.4, 0.5) is 35.1 Å². The van der Waals surface area contributed by atoms with E-state index in [2.05, 4.69) is 4.74 Å². The van der Waals surface area contributed by atoms with Crippen molar-refractivity contribution in [3.63, 3.8) is 0 Å². The van der Waals surface area contributed by atoms with E-state index in [0.717, 1.165) is 36.4 Å². The SMILES string of the molecule is Cc1cc(C2CC(c3cccc(OC(F)(F)Br)c3)(C(F)(F)F)ON2CC(F)(F)F)ccc1C(=O)O. The fourth-order valence-electron chi connectivity index (χ4n) is 3.86. The number of halogens is 9. The second-order valence-corrected chi connectivity index (χ2v) is 8.70. The molecule has 1 aliphatic rings. The Morgan fingerprint density at radius 3 is 2.31 bits per heavy atom. The van der Waals surface area contributed by atoms with E-state index in [0.29, 0.717) is 6.07 Å². The molecule has 2 atom stereocenters. The molecule has 1 heterocycles. The molecule has 0 amide bonds. The van der Waals surface area contributed by atoms with Crippen molar-refractivity contribution in [1.82, 2.24) is 5.06 Å². The zero-order valence-corrected chi connectivity index (χ0v) is 19.1. The van der Waals surface area contributed by atoms with Crippen LogP contribution in [0.15, 0.2) is 42.5 Å². The molecule has 1 saturated heterocycles. The molecule has 1 aliphatic heterocycles. The van der Waals surface area contributed by atoms with Gasteiger partial charge in [-0.15, -0.1) is 0 Å². The zero-order chi connectivity index (χ0) is 26.4. The zero-order valence-electron chi connectivity index (χ0n) is 17.6. The third-order valence-corrected chi connectivity index (χ3v) is 5.46. The first kappa shape index (κ1) is 27.1. The maximum atomic E-state index is 14.4. The van der Waals surface area contributed by atoms with E-state index in [9.17, 15) is 45.0 Å². The fraction of sp³-hybridized carbons (Fsp3) is 0.381. The third kappa shape index (κ3) is 6.04. The molecular weight excluding hydrogens is 562 g/mol. The summed E-state index contributed by atoms with van der Waals surface area (Å²) in [6.45, 7) is -0.542. The van der Waals surface area contributed by atoms with Crippen molar-refractivity contribution in [3.8, 4) is 5.75 Å². The molecule has 1 fully saturated rings. The van der Waals surface area contributed by atoms with Crippen molar-refractivity contribution >= 4 is 21.9 Å². The quantitative estimate of drug-likeness (QED) is 0.305. The smallest absolute Gasteiger partial charge is 0.459 e. The average Bonchev–Trinajstić information content (AvgIpc) is 3.05. The molecule has 0 radical (unpaired) electrons. The number of hydroxylamine groups is 2. The molecule has 3 rings (SSSR count). The molecule has 2 aromatic rings. The van der Waals surface area contributed by atoms with Crippen LogP contribution in [-0.4, -0.2) is 40.1 Å². The Labute approximate surface area is 201 Å². The highest BCUT2D eigenvalue weighted by Gasteiger charge is 2.65. The number of alkyl halides is 9. The highest BCUT2D eigenvalue weighted by molar-refractivity contribution is 9.09. The van der Waals surface area contributed by atoms with Crippen LogP contribution in [0.5, 0.6) is 5.75 Å². The van der Waals surface area contributed by atoms with Crippen LogP contribution in [0, 0.1) is 6.92 Å². The summed E-state index contributed by atoms with van der Waals surface area (Å²) in [6.07, 6.45) is -11.3. The lowest BCUT2D eigenvalue weighted by Crippen LogP contribution is -2.44. The molecular formula is C21H16BrF8NO4. The van der Waals surface area contributed by atoms with E-state index in [1.807, 2.05) is 15.9 Å². The number of carboxylic acids is 1. The number of nitrogens with zero attached hydrogens (tertiary/aromatic N) is 1. The van der Waals surface area contributed by atoms with Crippen molar-refractivity contribution < 1.29 is 54.6 Å². The minimum Gasteiger partial charge on any atom is -0.478 e. The monoisotopic (exact) mass is 577 g/mol. The van der Waals surface area contributed by atoms with Gasteiger partial charge >= 0.3 is 23.3 Å². The van der Waals surface area contributed by atoms with E-state index < -0.39 is 59.3 Å². The molecule has 14 heteroatoms. The van der Waals surface area contributed by atoms with Crippen molar-refractivity contribution in [2.24, 2.45) is 0 Å². The lowest BCUT2D eigenvalue weighted by molar-refractivity contribution is -0.341. The summed E-state index contributed by atoms with van der Waals surface area (Å²) >= 11 is 1.90. The Kier molecular flexibility index (Phi) is 7.14. The largest absolute Gasteiger partial charge is 0.478 e. The molecule has 1 N–H and O–H groups in total. The lowest BCUT2D eigenvalue weighted by atomic mass is 9.85. The predicted molar refractivity (Wildman–Crippen MR) is 108 cm³/mol. The second kappa shape index (κ2) is 9.21. The second-order valence-electron chi connectivity index (χ2n) is 7.78. The number of rotatable bonds is 6. The van der Waals surface area contributed by atoms with Crippen LogP contribution in [0.25, 0.3) is 0 Å². The number of hydrogen-bond donors (Lipinski definition) is 1. The van der Waals surface area contributed by atoms with Crippen LogP contribution >= 0.6 is 15.9 Å². The van der Waals surface area contributed by atoms with E-state index >= 15 is 0 Å². The minimum atomic E-state index is -5.28. The first-order valence-electron chi connectivity index (χ1n) is 9.71. The van der Waals surface area contributed by atoms with Gasteiger partial charge in [-0.2, -0.15) is 40.2 Å². The van der Waals surface area contributed by atoms with Crippen LogP contribution in [0.1, 0.15) is 39.5 Å². The normalized spacial score (nSPS) is 21.8. The Hall–Kier alpha value is -2.45. The van der Waals surface area contributed by atoms with E-state index in [1.165, 1.54) is 6.92 Å². The van der Waals surface area contributed by atoms with E-state index in [1.54, 1.807) is 0 Å². The van der Waals surface area contributed by atoms with E-state index in [-0.39, 0.29) is 21.8 Å². The van der Waals surface area contributed by atoms with E-state index in [4.69, 9.17) is 4.84 Å². The maximum absolute atomic E-state index is 14.4. The summed E-state index contributed by atoms with van der Waals surface area (Å²) in [5.41, 5.74) is -4.22. The summed E-state index contributed by atoms with van der Waals surface area (Å²) < 4.78 is 114. The number of carbonyl (C=O) groups is 1. The fourth-order valence-corrected chi connectivity index (χ4v) is 4.05. The number of aromatic carboxylic acids is 1. The summed E-state index contributed by atoms with van der Waals surface area (Å²) in [5, 5.41) is 5.38. The first-order chi connectivity index (χ1) is 15.9. The van der Waals surface area contributed by atoms with Gasteiger partial charge in [0.25, 0.3) is 0 Å². The maximum Gasteiger partial charge on any atom is 0.459 e. The van der Waals surface area contributed by atoms with Gasteiger partial charge in [0.2, 0.25) is 5.60 Å². The molecule has 0 saturated carbocycles. The average molecular weight is 578 g/mol. The number of hydrogen-bond acceptors (Lipinski definition) is 4. The first-order valence-corrected chi connectivity index (χ1v) is 10.5. The molecule has 0 spiro atoms.